The van der Waals surface area contributed by atoms with Crippen LogP contribution in [0.1, 0.15) is 16.8 Å². The van der Waals surface area contributed by atoms with E-state index in [1.165, 1.54) is 4.90 Å². The second-order valence-electron chi connectivity index (χ2n) is 6.18. The largest absolute Gasteiger partial charge is 0.401 e. The van der Waals surface area contributed by atoms with Crippen LogP contribution in [0.4, 0.5) is 13.2 Å². The molecule has 0 spiro atoms. The summed E-state index contributed by atoms with van der Waals surface area (Å²) in [5.41, 5.74) is 1.14. The predicted octanol–water partition coefficient (Wildman–Crippen LogP) is 2.49. The summed E-state index contributed by atoms with van der Waals surface area (Å²) in [6, 6.07) is 8.85. The molecule has 1 N–H and O–H groups in total. The number of amides is 1. The van der Waals surface area contributed by atoms with E-state index in [0.29, 0.717) is 37.3 Å². The van der Waals surface area contributed by atoms with Crippen molar-refractivity contribution in [3.63, 3.8) is 0 Å². The summed E-state index contributed by atoms with van der Waals surface area (Å²) in [5, 5.41) is 6.97. The molecule has 1 aliphatic heterocycles. The molecule has 2 aromatic rings. The molecular weight excluding hydrogens is 333 g/mol. The Bertz CT molecular complexity index is 715. The molecule has 1 saturated heterocycles. The molecule has 8 heteroatoms. The lowest BCUT2D eigenvalue weighted by Crippen LogP contribution is -2.35. The lowest BCUT2D eigenvalue weighted by Gasteiger charge is -2.18. The van der Waals surface area contributed by atoms with E-state index in [4.69, 9.17) is 0 Å². The molecule has 3 rings (SSSR count). The minimum absolute atomic E-state index is 0.0307. The van der Waals surface area contributed by atoms with Crippen LogP contribution in [0.3, 0.4) is 0 Å². The lowest BCUT2D eigenvalue weighted by atomic mass is 10.1. The Labute approximate surface area is 143 Å². The zero-order valence-electron chi connectivity index (χ0n) is 13.5. The van der Waals surface area contributed by atoms with Crippen LogP contribution in [0.5, 0.6) is 0 Å². The molecule has 0 saturated carbocycles. The minimum atomic E-state index is -4.18. The Morgan fingerprint density at radius 3 is 2.80 bits per heavy atom. The number of rotatable bonds is 5. The fraction of sp³-hybridized carbons (Fsp3) is 0.412. The van der Waals surface area contributed by atoms with Crippen molar-refractivity contribution in [3.05, 3.63) is 48.3 Å². The fourth-order valence-electron chi connectivity index (χ4n) is 3.09. The van der Waals surface area contributed by atoms with Gasteiger partial charge in [-0.05, 0) is 37.1 Å². The van der Waals surface area contributed by atoms with Gasteiger partial charge in [0.25, 0.3) is 5.91 Å². The lowest BCUT2D eigenvalue weighted by molar-refractivity contribution is -0.143. The van der Waals surface area contributed by atoms with Gasteiger partial charge >= 0.3 is 6.18 Å². The van der Waals surface area contributed by atoms with Gasteiger partial charge in [-0.3, -0.25) is 9.69 Å². The molecule has 1 aromatic carbocycles. The first kappa shape index (κ1) is 17.5. The smallest absolute Gasteiger partial charge is 0.352 e. The molecule has 0 radical (unpaired) electrons. The van der Waals surface area contributed by atoms with Crippen LogP contribution >= 0.6 is 0 Å². The first-order valence-electron chi connectivity index (χ1n) is 8.09. The van der Waals surface area contributed by atoms with Crippen molar-refractivity contribution in [1.82, 2.24) is 20.0 Å². The van der Waals surface area contributed by atoms with Crippen LogP contribution in [0, 0.1) is 5.92 Å². The molecule has 0 aliphatic carbocycles. The molecule has 1 aromatic heterocycles. The molecule has 1 unspecified atom stereocenters. The Hall–Kier alpha value is -2.35. The van der Waals surface area contributed by atoms with Gasteiger partial charge in [0.15, 0.2) is 0 Å². The molecule has 1 fully saturated rings. The molecule has 1 atom stereocenters. The zero-order chi connectivity index (χ0) is 17.9. The van der Waals surface area contributed by atoms with E-state index in [1.807, 2.05) is 6.07 Å². The first-order valence-corrected chi connectivity index (χ1v) is 8.09. The third-order valence-electron chi connectivity index (χ3n) is 4.22. The Balaban J connectivity index is 1.58. The number of carbonyl (C=O) groups is 1. The Morgan fingerprint density at radius 2 is 2.08 bits per heavy atom. The minimum Gasteiger partial charge on any atom is -0.352 e. The fourth-order valence-corrected chi connectivity index (χ4v) is 3.09. The number of halogens is 3. The van der Waals surface area contributed by atoms with E-state index in [9.17, 15) is 18.0 Å². The van der Waals surface area contributed by atoms with E-state index in [1.54, 1.807) is 41.3 Å². The van der Waals surface area contributed by atoms with Crippen molar-refractivity contribution in [2.45, 2.75) is 12.6 Å². The SMILES string of the molecule is O=C(NCC1CCN(CC(F)(F)F)C1)c1ccccc1-n1cccn1. The highest BCUT2D eigenvalue weighted by Crippen LogP contribution is 2.22. The number of nitrogens with zero attached hydrogens (tertiary/aromatic N) is 3. The molecule has 5 nitrogen and oxygen atoms in total. The third kappa shape index (κ3) is 4.60. The van der Waals surface area contributed by atoms with Crippen LogP contribution in [0.25, 0.3) is 5.69 Å². The standard InChI is InChI=1S/C17H19F3N4O/c18-17(19,20)12-23-9-6-13(11-23)10-21-16(25)14-4-1-2-5-15(14)24-8-3-7-22-24/h1-5,7-8,13H,6,9-12H2,(H,21,25). The van der Waals surface area contributed by atoms with E-state index in [2.05, 4.69) is 10.4 Å². The quantitative estimate of drug-likeness (QED) is 0.900. The van der Waals surface area contributed by atoms with Gasteiger partial charge in [-0.25, -0.2) is 4.68 Å². The number of para-hydroxylation sites is 1. The maximum absolute atomic E-state index is 12.5. The molecule has 25 heavy (non-hydrogen) atoms. The van der Waals surface area contributed by atoms with Gasteiger partial charge in [-0.15, -0.1) is 0 Å². The van der Waals surface area contributed by atoms with Crippen molar-refractivity contribution in [2.75, 3.05) is 26.2 Å². The van der Waals surface area contributed by atoms with E-state index in [-0.39, 0.29) is 11.8 Å². The van der Waals surface area contributed by atoms with Gasteiger partial charge in [-0.2, -0.15) is 18.3 Å². The van der Waals surface area contributed by atoms with E-state index in [0.717, 1.165) is 0 Å². The average Bonchev–Trinajstić information content (AvgIpc) is 3.23. The summed E-state index contributed by atoms with van der Waals surface area (Å²) >= 11 is 0. The summed E-state index contributed by atoms with van der Waals surface area (Å²) in [5.74, 6) is -0.219. The predicted molar refractivity (Wildman–Crippen MR) is 86.5 cm³/mol. The number of alkyl halides is 3. The summed E-state index contributed by atoms with van der Waals surface area (Å²) in [7, 11) is 0. The zero-order valence-corrected chi connectivity index (χ0v) is 13.5. The summed E-state index contributed by atoms with van der Waals surface area (Å²) in [6.45, 7) is 0.227. The third-order valence-corrected chi connectivity index (χ3v) is 4.22. The Kier molecular flexibility index (Phi) is 5.08. The highest BCUT2D eigenvalue weighted by Gasteiger charge is 2.34. The number of carbonyl (C=O) groups excluding carboxylic acids is 1. The van der Waals surface area contributed by atoms with Gasteiger partial charge in [-0.1, -0.05) is 12.1 Å². The molecule has 0 bridgehead atoms. The maximum atomic E-state index is 12.5. The summed E-state index contributed by atoms with van der Waals surface area (Å²) < 4.78 is 38.9. The van der Waals surface area contributed by atoms with Gasteiger partial charge < -0.3 is 5.32 Å². The van der Waals surface area contributed by atoms with Crippen LogP contribution in [0.15, 0.2) is 42.7 Å². The average molecular weight is 352 g/mol. The summed E-state index contributed by atoms with van der Waals surface area (Å²) in [6.07, 6.45) is -0.154. The van der Waals surface area contributed by atoms with Gasteiger partial charge in [0.05, 0.1) is 17.8 Å². The highest BCUT2D eigenvalue weighted by atomic mass is 19.4. The molecule has 2 heterocycles. The molecule has 1 amide bonds. The normalized spacial score (nSPS) is 18.4. The number of likely N-dealkylation sites (tertiary alicyclic amines) is 1. The number of aromatic nitrogens is 2. The first-order chi connectivity index (χ1) is 11.9. The van der Waals surface area contributed by atoms with E-state index >= 15 is 0 Å². The number of hydrogen-bond acceptors (Lipinski definition) is 3. The number of benzene rings is 1. The highest BCUT2D eigenvalue weighted by molar-refractivity contribution is 5.97. The van der Waals surface area contributed by atoms with Crippen molar-refractivity contribution in [3.8, 4) is 5.69 Å². The van der Waals surface area contributed by atoms with Gasteiger partial charge in [0, 0.05) is 25.5 Å². The van der Waals surface area contributed by atoms with Crippen molar-refractivity contribution in [1.29, 1.82) is 0 Å². The van der Waals surface area contributed by atoms with E-state index < -0.39 is 12.7 Å². The van der Waals surface area contributed by atoms with Gasteiger partial charge in [0.2, 0.25) is 0 Å². The second-order valence-corrected chi connectivity index (χ2v) is 6.18. The molecule has 1 aliphatic rings. The second kappa shape index (κ2) is 7.26. The number of hydrogen-bond donors (Lipinski definition) is 1. The van der Waals surface area contributed by atoms with Crippen molar-refractivity contribution >= 4 is 5.91 Å². The van der Waals surface area contributed by atoms with Crippen molar-refractivity contribution in [2.24, 2.45) is 5.92 Å². The monoisotopic (exact) mass is 352 g/mol. The topological polar surface area (TPSA) is 50.2 Å². The van der Waals surface area contributed by atoms with Crippen LogP contribution in [0.2, 0.25) is 0 Å². The maximum Gasteiger partial charge on any atom is 0.401 e. The van der Waals surface area contributed by atoms with Crippen LogP contribution < -0.4 is 5.32 Å². The molecule has 134 valence electrons. The Morgan fingerprint density at radius 1 is 1.28 bits per heavy atom. The van der Waals surface area contributed by atoms with Gasteiger partial charge in [0.1, 0.15) is 0 Å². The molecular formula is C17H19F3N4O. The van der Waals surface area contributed by atoms with Crippen LogP contribution in [-0.4, -0.2) is 52.9 Å². The van der Waals surface area contributed by atoms with Crippen molar-refractivity contribution < 1.29 is 18.0 Å². The number of nitrogens with one attached hydrogen (secondary N) is 1. The summed E-state index contributed by atoms with van der Waals surface area (Å²) in [4.78, 5) is 13.9. The van der Waals surface area contributed by atoms with Crippen LogP contribution in [-0.2, 0) is 0 Å².